The molecule has 19 heavy (non-hydrogen) atoms. The second-order valence-corrected chi connectivity index (χ2v) is 5.01. The Morgan fingerprint density at radius 2 is 2.11 bits per heavy atom. The van der Waals surface area contributed by atoms with Gasteiger partial charge in [0.15, 0.2) is 6.04 Å². The van der Waals surface area contributed by atoms with Crippen molar-refractivity contribution in [1.29, 1.82) is 0 Å². The molecule has 0 aliphatic carbocycles. The normalized spacial score (nSPS) is 11.8. The molecule has 0 saturated carbocycles. The third-order valence-corrected chi connectivity index (χ3v) is 3.35. The molecular weight excluding hydrogens is 339 g/mol. The molecule has 1 rings (SSSR count). The number of aliphatic carboxylic acids is 1. The Balaban J connectivity index is 2.77. The molecule has 2 amide bonds. The summed E-state index contributed by atoms with van der Waals surface area (Å²) in [5, 5.41) is 22.5. The number of hydrogen-bond donors (Lipinski definition) is 4. The maximum atomic E-state index is 11.6. The highest BCUT2D eigenvalue weighted by Gasteiger charge is 2.19. The molecule has 4 N–H and O–H groups in total. The van der Waals surface area contributed by atoms with Crippen LogP contribution < -0.4 is 10.6 Å². The SMILES string of the molecule is Cc1cc(Br)c(NC(=O)NC(CO)C(=O)O)cc1Cl. The molecule has 0 fully saturated rings. The molecule has 1 unspecified atom stereocenters. The van der Waals surface area contributed by atoms with Crippen LogP contribution in [-0.4, -0.2) is 34.9 Å². The molecule has 8 heteroatoms. The van der Waals surface area contributed by atoms with Gasteiger partial charge in [0.25, 0.3) is 0 Å². The number of anilines is 1. The van der Waals surface area contributed by atoms with E-state index >= 15 is 0 Å². The molecule has 104 valence electrons. The molecule has 0 heterocycles. The zero-order valence-electron chi connectivity index (χ0n) is 9.91. The lowest BCUT2D eigenvalue weighted by Crippen LogP contribution is -2.45. The average molecular weight is 352 g/mol. The smallest absolute Gasteiger partial charge is 0.328 e. The fourth-order valence-corrected chi connectivity index (χ4v) is 1.96. The molecule has 0 aliphatic rings. The Morgan fingerprint density at radius 1 is 1.47 bits per heavy atom. The van der Waals surface area contributed by atoms with E-state index in [1.54, 1.807) is 6.07 Å². The molecular formula is C11H12BrClN2O4. The number of rotatable bonds is 4. The van der Waals surface area contributed by atoms with Crippen molar-refractivity contribution >= 4 is 45.2 Å². The maximum Gasteiger partial charge on any atom is 0.328 e. The van der Waals surface area contributed by atoms with Gasteiger partial charge >= 0.3 is 12.0 Å². The van der Waals surface area contributed by atoms with Crippen molar-refractivity contribution in [2.45, 2.75) is 13.0 Å². The van der Waals surface area contributed by atoms with Gasteiger partial charge in [0.2, 0.25) is 0 Å². The number of carboxylic acid groups (broad SMARTS) is 1. The van der Waals surface area contributed by atoms with Crippen LogP contribution in [0.4, 0.5) is 10.5 Å². The molecule has 0 aromatic heterocycles. The van der Waals surface area contributed by atoms with Crippen LogP contribution in [0.15, 0.2) is 16.6 Å². The van der Waals surface area contributed by atoms with Crippen LogP contribution >= 0.6 is 27.5 Å². The number of carbonyl (C=O) groups excluding carboxylic acids is 1. The van der Waals surface area contributed by atoms with Crippen LogP contribution in [-0.2, 0) is 4.79 Å². The standard InChI is InChI=1S/C11H12BrClN2O4/c1-5-2-6(12)8(3-7(5)13)14-11(19)15-9(4-16)10(17)18/h2-3,9,16H,4H2,1H3,(H,17,18)(H2,14,15,19). The van der Waals surface area contributed by atoms with Gasteiger partial charge in [-0.25, -0.2) is 9.59 Å². The number of aryl methyl sites for hydroxylation is 1. The Hall–Kier alpha value is -1.31. The molecule has 1 aromatic carbocycles. The van der Waals surface area contributed by atoms with Crippen molar-refractivity contribution in [2.24, 2.45) is 0 Å². The van der Waals surface area contributed by atoms with Crippen molar-refractivity contribution < 1.29 is 19.8 Å². The monoisotopic (exact) mass is 350 g/mol. The van der Waals surface area contributed by atoms with E-state index in [2.05, 4.69) is 26.6 Å². The van der Waals surface area contributed by atoms with Crippen LogP contribution in [0.1, 0.15) is 5.56 Å². The fourth-order valence-electron chi connectivity index (χ4n) is 1.24. The number of carboxylic acids is 1. The van der Waals surface area contributed by atoms with Gasteiger partial charge in [-0.1, -0.05) is 11.6 Å². The third kappa shape index (κ3) is 4.38. The molecule has 0 saturated heterocycles. The van der Waals surface area contributed by atoms with Crippen LogP contribution in [0, 0.1) is 6.92 Å². The topological polar surface area (TPSA) is 98.7 Å². The summed E-state index contributed by atoms with van der Waals surface area (Å²) < 4.78 is 0.612. The number of urea groups is 1. The fraction of sp³-hybridized carbons (Fsp3) is 0.273. The Morgan fingerprint density at radius 3 is 2.63 bits per heavy atom. The lowest BCUT2D eigenvalue weighted by atomic mass is 10.2. The number of amides is 2. The van der Waals surface area contributed by atoms with Gasteiger partial charge in [0.05, 0.1) is 12.3 Å². The number of hydrogen-bond acceptors (Lipinski definition) is 3. The van der Waals surface area contributed by atoms with E-state index in [4.69, 9.17) is 21.8 Å². The minimum Gasteiger partial charge on any atom is -0.480 e. The summed E-state index contributed by atoms with van der Waals surface area (Å²) in [5.41, 5.74) is 1.23. The summed E-state index contributed by atoms with van der Waals surface area (Å²) in [4.78, 5) is 22.2. The number of aliphatic hydroxyl groups excluding tert-OH is 1. The van der Waals surface area contributed by atoms with Crippen LogP contribution in [0.2, 0.25) is 5.02 Å². The zero-order valence-corrected chi connectivity index (χ0v) is 12.2. The summed E-state index contributed by atoms with van der Waals surface area (Å²) >= 11 is 9.18. The van der Waals surface area contributed by atoms with Gasteiger partial charge < -0.3 is 20.8 Å². The summed E-state index contributed by atoms with van der Waals surface area (Å²) in [7, 11) is 0. The van der Waals surface area contributed by atoms with E-state index in [0.717, 1.165) is 5.56 Å². The lowest BCUT2D eigenvalue weighted by molar-refractivity contribution is -0.140. The van der Waals surface area contributed by atoms with E-state index < -0.39 is 24.6 Å². The lowest BCUT2D eigenvalue weighted by Gasteiger charge is -2.14. The third-order valence-electron chi connectivity index (χ3n) is 2.28. The van der Waals surface area contributed by atoms with Crippen molar-refractivity contribution in [3.63, 3.8) is 0 Å². The first kappa shape index (κ1) is 15.7. The Bertz CT molecular complexity index is 510. The predicted octanol–water partition coefficient (Wildman–Crippen LogP) is 1.98. The summed E-state index contributed by atoms with van der Waals surface area (Å²) in [5.74, 6) is -1.32. The van der Waals surface area contributed by atoms with Gasteiger partial charge in [-0.15, -0.1) is 0 Å². The second-order valence-electron chi connectivity index (χ2n) is 3.75. The second kappa shape index (κ2) is 6.74. The minimum atomic E-state index is -1.36. The first-order chi connectivity index (χ1) is 8.85. The largest absolute Gasteiger partial charge is 0.480 e. The number of aliphatic hydroxyl groups is 1. The highest BCUT2D eigenvalue weighted by atomic mass is 79.9. The van der Waals surface area contributed by atoms with Crippen molar-refractivity contribution in [3.05, 3.63) is 27.2 Å². The van der Waals surface area contributed by atoms with E-state index in [1.165, 1.54) is 6.07 Å². The first-order valence-electron chi connectivity index (χ1n) is 5.22. The maximum absolute atomic E-state index is 11.6. The molecule has 1 aromatic rings. The van der Waals surface area contributed by atoms with E-state index in [0.29, 0.717) is 15.2 Å². The number of carbonyl (C=O) groups is 2. The van der Waals surface area contributed by atoms with Gasteiger partial charge in [0.1, 0.15) is 0 Å². The Kier molecular flexibility index (Phi) is 5.59. The number of nitrogens with one attached hydrogen (secondary N) is 2. The molecule has 0 spiro atoms. The zero-order chi connectivity index (χ0) is 14.6. The van der Waals surface area contributed by atoms with Gasteiger partial charge in [-0.3, -0.25) is 0 Å². The summed E-state index contributed by atoms with van der Waals surface area (Å²) in [6.07, 6.45) is 0. The molecule has 0 aliphatic heterocycles. The van der Waals surface area contributed by atoms with Gasteiger partial charge in [0, 0.05) is 9.50 Å². The minimum absolute atomic E-state index is 0.398. The van der Waals surface area contributed by atoms with Crippen LogP contribution in [0.5, 0.6) is 0 Å². The van der Waals surface area contributed by atoms with E-state index in [-0.39, 0.29) is 0 Å². The molecule has 0 radical (unpaired) electrons. The summed E-state index contributed by atoms with van der Waals surface area (Å²) in [6.45, 7) is 1.11. The van der Waals surface area contributed by atoms with Crippen LogP contribution in [0.25, 0.3) is 0 Å². The van der Waals surface area contributed by atoms with Gasteiger partial charge in [-0.05, 0) is 40.5 Å². The number of halogens is 2. The highest BCUT2D eigenvalue weighted by molar-refractivity contribution is 9.10. The van der Waals surface area contributed by atoms with E-state index in [1.807, 2.05) is 6.92 Å². The Labute approximate surface area is 122 Å². The van der Waals surface area contributed by atoms with Crippen molar-refractivity contribution in [1.82, 2.24) is 5.32 Å². The molecule has 1 atom stereocenters. The first-order valence-corrected chi connectivity index (χ1v) is 6.39. The summed E-state index contributed by atoms with van der Waals surface area (Å²) in [6, 6.07) is 1.15. The average Bonchev–Trinajstić information content (AvgIpc) is 2.32. The van der Waals surface area contributed by atoms with Gasteiger partial charge in [-0.2, -0.15) is 0 Å². The molecule has 0 bridgehead atoms. The predicted molar refractivity (Wildman–Crippen MR) is 74.6 cm³/mol. The van der Waals surface area contributed by atoms with Crippen molar-refractivity contribution in [2.75, 3.05) is 11.9 Å². The van der Waals surface area contributed by atoms with Crippen molar-refractivity contribution in [3.8, 4) is 0 Å². The highest BCUT2D eigenvalue weighted by Crippen LogP contribution is 2.29. The number of benzene rings is 1. The quantitative estimate of drug-likeness (QED) is 0.666. The van der Waals surface area contributed by atoms with Crippen LogP contribution in [0.3, 0.4) is 0 Å². The molecule has 6 nitrogen and oxygen atoms in total. The van der Waals surface area contributed by atoms with E-state index in [9.17, 15) is 9.59 Å².